The van der Waals surface area contributed by atoms with Crippen molar-refractivity contribution in [3.63, 3.8) is 0 Å². The molecule has 0 aromatic rings. The van der Waals surface area contributed by atoms with E-state index in [4.69, 9.17) is 14.0 Å². The molecule has 3 nitrogen and oxygen atoms in total. The average Bonchev–Trinajstić information content (AvgIpc) is 2.07. The molecule has 0 radical (unpaired) electrons. The van der Waals surface area contributed by atoms with Crippen LogP contribution in [0.15, 0.2) is 0 Å². The van der Waals surface area contributed by atoms with Gasteiger partial charge in [0, 0.05) is 19.8 Å². The minimum absolute atomic E-state index is 0.393. The Labute approximate surface area is 68.2 Å². The molecule has 0 amide bonds. The van der Waals surface area contributed by atoms with Crippen molar-refractivity contribution >= 4 is 7.32 Å². The summed E-state index contributed by atoms with van der Waals surface area (Å²) in [5, 5.41) is 0. The van der Waals surface area contributed by atoms with E-state index in [0.717, 1.165) is 39.1 Å². The number of hydrogen-bond donors (Lipinski definition) is 0. The maximum atomic E-state index is 5.28. The van der Waals surface area contributed by atoms with Crippen LogP contribution in [-0.2, 0) is 14.0 Å². The van der Waals surface area contributed by atoms with Crippen LogP contribution in [0.3, 0.4) is 0 Å². The van der Waals surface area contributed by atoms with Crippen LogP contribution in [0.2, 0.25) is 0 Å². The maximum Gasteiger partial charge on any atom is 0.639 e. The summed E-state index contributed by atoms with van der Waals surface area (Å²) in [7, 11) is -0.393. The fraction of sp³-hybridized carbons (Fsp3) is 1.00. The molecule has 11 heavy (non-hydrogen) atoms. The lowest BCUT2D eigenvalue weighted by Crippen LogP contribution is -2.33. The summed E-state index contributed by atoms with van der Waals surface area (Å²) >= 11 is 0. The first-order valence-corrected chi connectivity index (χ1v) is 4.28. The highest BCUT2D eigenvalue weighted by Gasteiger charge is 2.23. The van der Waals surface area contributed by atoms with Crippen LogP contribution in [0, 0.1) is 0 Å². The van der Waals surface area contributed by atoms with E-state index in [-0.39, 0.29) is 0 Å². The molecular formula is C7H15BO3. The van der Waals surface area contributed by atoms with Gasteiger partial charge in [-0.25, -0.2) is 0 Å². The summed E-state index contributed by atoms with van der Waals surface area (Å²) in [5.74, 6) is 0. The van der Waals surface area contributed by atoms with Gasteiger partial charge in [-0.05, 0) is 12.8 Å². The Balaban J connectivity index is 1.96. The van der Waals surface area contributed by atoms with E-state index >= 15 is 0 Å². The highest BCUT2D eigenvalue weighted by molar-refractivity contribution is 6.36. The SMILES string of the molecule is CCCCOB1OCCCO1. The second-order valence-corrected chi connectivity index (χ2v) is 2.61. The zero-order valence-electron chi connectivity index (χ0n) is 7.04. The lowest BCUT2D eigenvalue weighted by molar-refractivity contribution is 0.0525. The third-order valence-electron chi connectivity index (χ3n) is 1.55. The minimum atomic E-state index is -0.393. The van der Waals surface area contributed by atoms with Gasteiger partial charge in [0.15, 0.2) is 0 Å². The molecule has 1 heterocycles. The van der Waals surface area contributed by atoms with Crippen LogP contribution >= 0.6 is 0 Å². The van der Waals surface area contributed by atoms with Gasteiger partial charge in [-0.15, -0.1) is 0 Å². The molecule has 0 spiro atoms. The summed E-state index contributed by atoms with van der Waals surface area (Å²) in [6.45, 7) is 4.39. The Morgan fingerprint density at radius 2 is 2.09 bits per heavy atom. The topological polar surface area (TPSA) is 27.7 Å². The van der Waals surface area contributed by atoms with Gasteiger partial charge in [0.05, 0.1) is 0 Å². The molecule has 1 saturated heterocycles. The van der Waals surface area contributed by atoms with Crippen molar-refractivity contribution in [3.8, 4) is 0 Å². The minimum Gasteiger partial charge on any atom is -0.386 e. The summed E-state index contributed by atoms with van der Waals surface area (Å²) in [6, 6.07) is 0. The third-order valence-corrected chi connectivity index (χ3v) is 1.55. The highest BCUT2D eigenvalue weighted by atomic mass is 16.7. The second kappa shape index (κ2) is 5.58. The van der Waals surface area contributed by atoms with E-state index in [9.17, 15) is 0 Å². The predicted molar refractivity (Wildman–Crippen MR) is 43.1 cm³/mol. The zero-order valence-corrected chi connectivity index (χ0v) is 7.04. The van der Waals surface area contributed by atoms with E-state index in [1.165, 1.54) is 0 Å². The van der Waals surface area contributed by atoms with Crippen molar-refractivity contribution in [2.24, 2.45) is 0 Å². The smallest absolute Gasteiger partial charge is 0.386 e. The monoisotopic (exact) mass is 158 g/mol. The van der Waals surface area contributed by atoms with Gasteiger partial charge in [-0.3, -0.25) is 0 Å². The second-order valence-electron chi connectivity index (χ2n) is 2.61. The molecule has 0 atom stereocenters. The zero-order chi connectivity index (χ0) is 7.94. The van der Waals surface area contributed by atoms with Crippen molar-refractivity contribution in [2.75, 3.05) is 19.8 Å². The molecule has 0 unspecified atom stereocenters. The highest BCUT2D eigenvalue weighted by Crippen LogP contribution is 2.02. The third kappa shape index (κ3) is 3.75. The Bertz CT molecular complexity index is 93.7. The van der Waals surface area contributed by atoms with Crippen LogP contribution in [-0.4, -0.2) is 27.1 Å². The predicted octanol–water partition coefficient (Wildman–Crippen LogP) is 1.22. The van der Waals surface area contributed by atoms with Crippen LogP contribution < -0.4 is 0 Å². The maximum absolute atomic E-state index is 5.28. The van der Waals surface area contributed by atoms with Crippen LogP contribution in [0.5, 0.6) is 0 Å². The van der Waals surface area contributed by atoms with E-state index in [2.05, 4.69) is 6.92 Å². The fourth-order valence-corrected chi connectivity index (χ4v) is 0.886. The molecule has 64 valence electrons. The number of unbranched alkanes of at least 4 members (excludes halogenated alkanes) is 1. The fourth-order valence-electron chi connectivity index (χ4n) is 0.886. The van der Waals surface area contributed by atoms with E-state index in [1.54, 1.807) is 0 Å². The Morgan fingerprint density at radius 1 is 1.36 bits per heavy atom. The van der Waals surface area contributed by atoms with Crippen LogP contribution in [0.25, 0.3) is 0 Å². The molecule has 0 aromatic heterocycles. The molecule has 0 saturated carbocycles. The van der Waals surface area contributed by atoms with Gasteiger partial charge in [0.1, 0.15) is 0 Å². The first-order valence-electron chi connectivity index (χ1n) is 4.28. The molecule has 1 aliphatic heterocycles. The normalized spacial score (nSPS) is 18.8. The summed E-state index contributed by atoms with van der Waals surface area (Å²) in [5.41, 5.74) is 0. The van der Waals surface area contributed by atoms with Gasteiger partial charge in [-0.1, -0.05) is 13.3 Å². The first-order chi connectivity index (χ1) is 5.43. The Hall–Kier alpha value is -0.0551. The Morgan fingerprint density at radius 3 is 2.73 bits per heavy atom. The van der Waals surface area contributed by atoms with Crippen molar-refractivity contribution < 1.29 is 14.0 Å². The van der Waals surface area contributed by atoms with Crippen molar-refractivity contribution in [3.05, 3.63) is 0 Å². The molecule has 4 heteroatoms. The molecule has 0 aliphatic carbocycles. The molecule has 0 bridgehead atoms. The van der Waals surface area contributed by atoms with Gasteiger partial charge in [0.25, 0.3) is 0 Å². The number of rotatable bonds is 4. The van der Waals surface area contributed by atoms with Crippen LogP contribution in [0.4, 0.5) is 0 Å². The van der Waals surface area contributed by atoms with Crippen molar-refractivity contribution in [2.45, 2.75) is 26.2 Å². The molecule has 1 rings (SSSR count). The average molecular weight is 158 g/mol. The summed E-state index contributed by atoms with van der Waals surface area (Å²) in [6.07, 6.45) is 3.20. The Kier molecular flexibility index (Phi) is 4.58. The van der Waals surface area contributed by atoms with Crippen molar-refractivity contribution in [1.29, 1.82) is 0 Å². The van der Waals surface area contributed by atoms with Gasteiger partial charge < -0.3 is 14.0 Å². The quantitative estimate of drug-likeness (QED) is 0.454. The van der Waals surface area contributed by atoms with E-state index in [1.807, 2.05) is 0 Å². The summed E-state index contributed by atoms with van der Waals surface area (Å²) < 4.78 is 15.6. The number of hydrogen-bond acceptors (Lipinski definition) is 3. The lowest BCUT2D eigenvalue weighted by atomic mass is 10.2. The standard InChI is InChI=1S/C7H15BO3/c1-2-3-5-9-8-10-6-4-7-11-8/h2-7H2,1H3. The molecule has 1 fully saturated rings. The van der Waals surface area contributed by atoms with Gasteiger partial charge >= 0.3 is 7.32 Å². The van der Waals surface area contributed by atoms with E-state index < -0.39 is 7.32 Å². The lowest BCUT2D eigenvalue weighted by Gasteiger charge is -2.18. The van der Waals surface area contributed by atoms with Gasteiger partial charge in [-0.2, -0.15) is 0 Å². The summed E-state index contributed by atoms with van der Waals surface area (Å²) in [4.78, 5) is 0. The van der Waals surface area contributed by atoms with Crippen molar-refractivity contribution in [1.82, 2.24) is 0 Å². The largest absolute Gasteiger partial charge is 0.639 e. The molecular weight excluding hydrogens is 143 g/mol. The molecule has 0 N–H and O–H groups in total. The van der Waals surface area contributed by atoms with Gasteiger partial charge in [0.2, 0.25) is 0 Å². The first kappa shape index (κ1) is 9.04. The van der Waals surface area contributed by atoms with E-state index in [0.29, 0.717) is 0 Å². The van der Waals surface area contributed by atoms with Crippen LogP contribution in [0.1, 0.15) is 26.2 Å². The molecule has 0 aromatic carbocycles. The molecule has 1 aliphatic rings.